The highest BCUT2D eigenvalue weighted by Crippen LogP contribution is 2.39. The maximum Gasteiger partial charge on any atom is 0.408 e. The molecule has 1 aliphatic carbocycles. The number of anilines is 1. The van der Waals surface area contributed by atoms with Crippen molar-refractivity contribution in [3.63, 3.8) is 0 Å². The first kappa shape index (κ1) is 33.5. The Morgan fingerprint density at radius 2 is 1.67 bits per heavy atom. The molecule has 0 radical (unpaired) electrons. The van der Waals surface area contributed by atoms with Gasteiger partial charge in [0.2, 0.25) is 5.91 Å². The Hall–Kier alpha value is -4.35. The van der Waals surface area contributed by atoms with Crippen LogP contribution in [0.25, 0.3) is 0 Å². The first-order chi connectivity index (χ1) is 23.4. The third-order valence-corrected chi connectivity index (χ3v) is 9.33. The second kappa shape index (κ2) is 15.7. The number of amides is 3. The minimum absolute atomic E-state index is 0.0262. The number of nitrogens with zero attached hydrogens (tertiary/aromatic N) is 2. The number of benzene rings is 3. The van der Waals surface area contributed by atoms with Crippen molar-refractivity contribution in [1.82, 2.24) is 10.2 Å². The molecule has 252 valence electrons. The highest BCUT2D eigenvalue weighted by atomic mass is 16.7. The molecule has 1 unspecified atom stereocenters. The van der Waals surface area contributed by atoms with Crippen molar-refractivity contribution in [3.05, 3.63) is 114 Å². The van der Waals surface area contributed by atoms with E-state index in [0.717, 1.165) is 40.2 Å². The quantitative estimate of drug-likeness (QED) is 0.189. The summed E-state index contributed by atoms with van der Waals surface area (Å²) < 4.78 is 18.3. The summed E-state index contributed by atoms with van der Waals surface area (Å²) in [6.45, 7) is 5.56. The smallest absolute Gasteiger partial charge is 0.408 e. The normalized spacial score (nSPS) is 23.1. The van der Waals surface area contributed by atoms with Gasteiger partial charge >= 0.3 is 6.09 Å². The third-order valence-electron chi connectivity index (χ3n) is 9.33. The summed E-state index contributed by atoms with van der Waals surface area (Å²) in [5.74, 6) is -0.929. The largest absolute Gasteiger partial charge is 0.445 e. The number of aliphatic hydroxyl groups is 1. The van der Waals surface area contributed by atoms with E-state index in [0.29, 0.717) is 18.2 Å². The van der Waals surface area contributed by atoms with Crippen molar-refractivity contribution in [1.29, 1.82) is 0 Å². The zero-order valence-corrected chi connectivity index (χ0v) is 27.0. The molecule has 4 atom stereocenters. The van der Waals surface area contributed by atoms with Crippen LogP contribution in [0.4, 0.5) is 10.5 Å². The van der Waals surface area contributed by atoms with Gasteiger partial charge in [-0.1, -0.05) is 85.6 Å². The van der Waals surface area contributed by atoms with Gasteiger partial charge in [0.15, 0.2) is 6.29 Å². The molecule has 48 heavy (non-hydrogen) atoms. The zero-order valence-electron chi connectivity index (χ0n) is 27.0. The Morgan fingerprint density at radius 1 is 0.958 bits per heavy atom. The van der Waals surface area contributed by atoms with Gasteiger partial charge in [0.05, 0.1) is 30.9 Å². The third kappa shape index (κ3) is 8.02. The van der Waals surface area contributed by atoms with Crippen molar-refractivity contribution in [3.8, 4) is 0 Å². The number of nitrogens with one attached hydrogen (secondary N) is 1. The van der Waals surface area contributed by atoms with Gasteiger partial charge in [-0.15, -0.1) is 6.58 Å². The number of carbonyl (C=O) groups excluding carboxylic acids is 3. The number of alkyl carbamates (subject to hydrolysis) is 1. The molecule has 2 aliphatic heterocycles. The van der Waals surface area contributed by atoms with Crippen LogP contribution in [0.15, 0.2) is 91.5 Å². The number of rotatable bonds is 12. The van der Waals surface area contributed by atoms with Crippen LogP contribution in [-0.2, 0) is 37.0 Å². The van der Waals surface area contributed by atoms with Gasteiger partial charge in [0.1, 0.15) is 12.6 Å². The van der Waals surface area contributed by atoms with Gasteiger partial charge < -0.3 is 24.6 Å². The van der Waals surface area contributed by atoms with E-state index in [9.17, 15) is 19.5 Å². The standard InChI is InChI=1S/C38H43N3O7/c1-2-20-40(30-10-6-7-11-30)23-32-21-34(28-14-12-26(24-42)13-15-28)48-37(47-32)29-16-18-31(19-17-29)41-35(43)22-33(36(41)44)39-38(45)46-25-27-8-4-3-5-9-27/h2-5,8-9,12-19,30,32-34,37,42H,1,6-7,10-11,20-25H2,(H,39,45)/t32-,33?,34+,37+/m0/s1. The van der Waals surface area contributed by atoms with Crippen LogP contribution in [0.5, 0.6) is 0 Å². The lowest BCUT2D eigenvalue weighted by Crippen LogP contribution is -2.43. The van der Waals surface area contributed by atoms with Crippen LogP contribution in [-0.4, -0.2) is 59.2 Å². The average Bonchev–Trinajstić information content (AvgIpc) is 3.75. The number of hydrogen-bond acceptors (Lipinski definition) is 8. The van der Waals surface area contributed by atoms with E-state index in [-0.39, 0.29) is 31.8 Å². The van der Waals surface area contributed by atoms with Gasteiger partial charge in [-0.25, -0.2) is 9.69 Å². The molecule has 2 saturated heterocycles. The van der Waals surface area contributed by atoms with Crippen LogP contribution in [0.3, 0.4) is 0 Å². The Bertz CT molecular complexity index is 1560. The highest BCUT2D eigenvalue weighted by Gasteiger charge is 2.41. The number of ether oxygens (including phenoxy) is 3. The molecule has 3 aliphatic rings. The molecular formula is C38H43N3O7. The molecule has 3 aromatic rings. The Morgan fingerprint density at radius 3 is 2.35 bits per heavy atom. The lowest BCUT2D eigenvalue weighted by atomic mass is 9.99. The van der Waals surface area contributed by atoms with Crippen molar-refractivity contribution in [2.45, 2.75) is 82.3 Å². The van der Waals surface area contributed by atoms with Gasteiger partial charge in [0.25, 0.3) is 5.91 Å². The monoisotopic (exact) mass is 653 g/mol. The van der Waals surface area contributed by atoms with Crippen molar-refractivity contribution in [2.75, 3.05) is 18.0 Å². The molecule has 10 nitrogen and oxygen atoms in total. The summed E-state index contributed by atoms with van der Waals surface area (Å²) in [6, 6.07) is 23.5. The Labute approximate surface area is 281 Å². The lowest BCUT2D eigenvalue weighted by molar-refractivity contribution is -0.253. The molecule has 2 heterocycles. The Kier molecular flexibility index (Phi) is 11.0. The second-order valence-electron chi connectivity index (χ2n) is 12.7. The van der Waals surface area contributed by atoms with Crippen molar-refractivity contribution >= 4 is 23.6 Å². The van der Waals surface area contributed by atoms with Crippen LogP contribution in [0, 0.1) is 0 Å². The maximum absolute atomic E-state index is 13.2. The van der Waals surface area contributed by atoms with Crippen LogP contribution in [0.2, 0.25) is 0 Å². The SMILES string of the molecule is C=CCN(C[C@@H]1C[C@H](c2ccc(CO)cc2)O[C@H](c2ccc(N3C(=O)CC(NC(=O)OCc4ccccc4)C3=O)cc2)O1)C1CCCC1. The Balaban J connectivity index is 1.14. The molecule has 3 aromatic carbocycles. The summed E-state index contributed by atoms with van der Waals surface area (Å²) in [7, 11) is 0. The fourth-order valence-corrected chi connectivity index (χ4v) is 6.81. The minimum atomic E-state index is -1.01. The summed E-state index contributed by atoms with van der Waals surface area (Å²) in [5.41, 5.74) is 3.81. The molecule has 3 amide bonds. The van der Waals surface area contributed by atoms with E-state index in [1.807, 2.05) is 72.8 Å². The molecule has 0 bridgehead atoms. The van der Waals surface area contributed by atoms with E-state index in [1.165, 1.54) is 25.7 Å². The predicted octanol–water partition coefficient (Wildman–Crippen LogP) is 5.71. The topological polar surface area (TPSA) is 118 Å². The summed E-state index contributed by atoms with van der Waals surface area (Å²) in [5, 5.41) is 12.1. The van der Waals surface area contributed by atoms with Gasteiger partial charge in [-0.05, 0) is 41.7 Å². The van der Waals surface area contributed by atoms with Gasteiger partial charge in [-0.2, -0.15) is 0 Å². The lowest BCUT2D eigenvalue weighted by Gasteiger charge is -2.39. The summed E-state index contributed by atoms with van der Waals surface area (Å²) in [4.78, 5) is 42.1. The highest BCUT2D eigenvalue weighted by molar-refractivity contribution is 6.22. The maximum atomic E-state index is 13.2. The molecule has 10 heteroatoms. The van der Waals surface area contributed by atoms with E-state index in [2.05, 4.69) is 16.8 Å². The van der Waals surface area contributed by atoms with E-state index >= 15 is 0 Å². The van der Waals surface area contributed by atoms with Crippen molar-refractivity contribution in [2.24, 2.45) is 0 Å². The first-order valence-corrected chi connectivity index (χ1v) is 16.7. The van der Waals surface area contributed by atoms with Gasteiger partial charge in [0, 0.05) is 31.1 Å². The van der Waals surface area contributed by atoms with Crippen LogP contribution < -0.4 is 10.2 Å². The summed E-state index contributed by atoms with van der Waals surface area (Å²) in [6.07, 6.45) is 5.51. The fraction of sp³-hybridized carbons (Fsp3) is 0.395. The van der Waals surface area contributed by atoms with E-state index in [4.69, 9.17) is 14.2 Å². The minimum Gasteiger partial charge on any atom is -0.445 e. The number of imide groups is 1. The second-order valence-corrected chi connectivity index (χ2v) is 12.7. The zero-order chi connectivity index (χ0) is 33.5. The number of hydrogen-bond donors (Lipinski definition) is 2. The molecule has 1 saturated carbocycles. The first-order valence-electron chi connectivity index (χ1n) is 16.7. The molecule has 2 N–H and O–H groups in total. The molecule has 3 fully saturated rings. The summed E-state index contributed by atoms with van der Waals surface area (Å²) >= 11 is 0. The van der Waals surface area contributed by atoms with Gasteiger partial charge in [-0.3, -0.25) is 14.5 Å². The average molecular weight is 654 g/mol. The van der Waals surface area contributed by atoms with Crippen LogP contribution in [0.1, 0.15) is 73.2 Å². The molecule has 6 rings (SSSR count). The van der Waals surface area contributed by atoms with E-state index < -0.39 is 30.2 Å². The molecule has 0 spiro atoms. The van der Waals surface area contributed by atoms with Crippen molar-refractivity contribution < 1.29 is 33.7 Å². The van der Waals surface area contributed by atoms with E-state index in [1.54, 1.807) is 12.1 Å². The predicted molar refractivity (Wildman–Crippen MR) is 180 cm³/mol. The number of aliphatic hydroxyl groups excluding tert-OH is 1. The van der Waals surface area contributed by atoms with Crippen LogP contribution >= 0.6 is 0 Å². The molecular weight excluding hydrogens is 610 g/mol. The molecule has 0 aromatic heterocycles. The fourth-order valence-electron chi connectivity index (χ4n) is 6.81. The number of carbonyl (C=O) groups is 3.